The predicted octanol–water partition coefficient (Wildman–Crippen LogP) is 3.56. The zero-order chi connectivity index (χ0) is 10.9. The van der Waals surface area contributed by atoms with Crippen molar-refractivity contribution in [3.63, 3.8) is 0 Å². The maximum absolute atomic E-state index is 6.32. The van der Waals surface area contributed by atoms with Gasteiger partial charge in [0.2, 0.25) is 0 Å². The van der Waals surface area contributed by atoms with E-state index < -0.39 is 0 Å². The fourth-order valence-electron chi connectivity index (χ4n) is 3.01. The van der Waals surface area contributed by atoms with E-state index in [1.54, 1.807) is 0 Å². The van der Waals surface area contributed by atoms with Crippen molar-refractivity contribution in [1.29, 1.82) is 0 Å². The number of nitrogens with one attached hydrogen (secondary N) is 1. The summed E-state index contributed by atoms with van der Waals surface area (Å²) in [6.07, 6.45) is 7.96. The van der Waals surface area contributed by atoms with Gasteiger partial charge in [0, 0.05) is 11.4 Å². The molecule has 2 unspecified atom stereocenters. The molecule has 0 amide bonds. The highest BCUT2D eigenvalue weighted by Crippen LogP contribution is 2.38. The Bertz CT molecular complexity index is 211. The minimum absolute atomic E-state index is 0.382. The summed E-state index contributed by atoms with van der Waals surface area (Å²) < 4.78 is 0. The average Bonchev–Trinajstić information content (AvgIpc) is 1.96. The van der Waals surface area contributed by atoms with Crippen LogP contribution in [0.4, 0.5) is 0 Å². The van der Waals surface area contributed by atoms with Crippen molar-refractivity contribution in [2.45, 2.75) is 63.8 Å². The third-order valence-corrected chi connectivity index (χ3v) is 4.37. The van der Waals surface area contributed by atoms with Gasteiger partial charge in [-0.25, -0.2) is 0 Å². The Hall–Kier alpha value is 0.250. The monoisotopic (exact) mass is 229 g/mol. The zero-order valence-corrected chi connectivity index (χ0v) is 10.8. The summed E-state index contributed by atoms with van der Waals surface area (Å²) in [6.45, 7) is 5.92. The maximum Gasteiger partial charge on any atom is 0.0356 e. The highest BCUT2D eigenvalue weighted by molar-refractivity contribution is 6.20. The third kappa shape index (κ3) is 3.35. The fraction of sp³-hybridized carbons (Fsp3) is 1.00. The van der Waals surface area contributed by atoms with Crippen LogP contribution in [0.15, 0.2) is 0 Å². The van der Waals surface area contributed by atoms with Gasteiger partial charge in [-0.2, -0.15) is 0 Å². The molecule has 1 N–H and O–H groups in total. The van der Waals surface area contributed by atoms with Crippen LogP contribution in [0.5, 0.6) is 0 Å². The van der Waals surface area contributed by atoms with Gasteiger partial charge in [0.15, 0.2) is 0 Å². The lowest BCUT2D eigenvalue weighted by Gasteiger charge is -2.39. The van der Waals surface area contributed by atoms with Gasteiger partial charge in [0.1, 0.15) is 0 Å². The van der Waals surface area contributed by atoms with Crippen LogP contribution in [-0.2, 0) is 0 Å². The van der Waals surface area contributed by atoms with Crippen LogP contribution in [0.2, 0.25) is 0 Å². The van der Waals surface area contributed by atoms with Gasteiger partial charge >= 0.3 is 0 Å². The molecule has 0 bridgehead atoms. The molecule has 88 valence electrons. The standard InChI is InChI=1S/C13H24ClN/c1-13(2)7-11(14)6-12(8-13)15-9-10-4-3-5-10/h10-12,15H,3-9H2,1-2H3. The first-order valence-electron chi connectivity index (χ1n) is 6.43. The van der Waals surface area contributed by atoms with E-state index in [2.05, 4.69) is 19.2 Å². The minimum atomic E-state index is 0.382. The van der Waals surface area contributed by atoms with Gasteiger partial charge in [-0.15, -0.1) is 11.6 Å². The summed E-state index contributed by atoms with van der Waals surface area (Å²) in [7, 11) is 0. The van der Waals surface area contributed by atoms with Crippen molar-refractivity contribution < 1.29 is 0 Å². The number of halogens is 1. The van der Waals surface area contributed by atoms with E-state index in [0.717, 1.165) is 12.3 Å². The second kappa shape index (κ2) is 4.63. The van der Waals surface area contributed by atoms with Crippen LogP contribution in [0.3, 0.4) is 0 Å². The topological polar surface area (TPSA) is 12.0 Å². The summed E-state index contributed by atoms with van der Waals surface area (Å²) in [5.41, 5.74) is 0.432. The Labute approximate surface area is 99.0 Å². The quantitative estimate of drug-likeness (QED) is 0.730. The molecule has 0 aromatic heterocycles. The highest BCUT2D eigenvalue weighted by Gasteiger charge is 2.33. The largest absolute Gasteiger partial charge is 0.314 e. The maximum atomic E-state index is 6.32. The lowest BCUT2D eigenvalue weighted by Crippen LogP contribution is -2.43. The fourth-order valence-corrected chi connectivity index (χ4v) is 3.64. The van der Waals surface area contributed by atoms with E-state index >= 15 is 0 Å². The summed E-state index contributed by atoms with van der Waals surface area (Å²) in [5.74, 6) is 0.962. The molecule has 2 atom stereocenters. The van der Waals surface area contributed by atoms with Crippen LogP contribution < -0.4 is 5.32 Å². The van der Waals surface area contributed by atoms with Crippen LogP contribution in [0.1, 0.15) is 52.4 Å². The van der Waals surface area contributed by atoms with Crippen molar-refractivity contribution in [3.8, 4) is 0 Å². The molecule has 0 radical (unpaired) electrons. The summed E-state index contributed by atoms with van der Waals surface area (Å²) in [5, 5.41) is 4.11. The van der Waals surface area contributed by atoms with E-state index in [9.17, 15) is 0 Å². The molecule has 1 nitrogen and oxygen atoms in total. The van der Waals surface area contributed by atoms with Crippen LogP contribution in [0.25, 0.3) is 0 Å². The van der Waals surface area contributed by atoms with Gasteiger partial charge in [0.05, 0.1) is 0 Å². The Balaban J connectivity index is 1.75. The molecule has 2 heteroatoms. The summed E-state index contributed by atoms with van der Waals surface area (Å²) in [6, 6.07) is 0.664. The lowest BCUT2D eigenvalue weighted by molar-refractivity contribution is 0.188. The molecule has 2 fully saturated rings. The van der Waals surface area contributed by atoms with Crippen molar-refractivity contribution in [3.05, 3.63) is 0 Å². The van der Waals surface area contributed by atoms with Crippen LogP contribution in [-0.4, -0.2) is 18.0 Å². The van der Waals surface area contributed by atoms with Crippen molar-refractivity contribution in [2.75, 3.05) is 6.54 Å². The molecule has 2 rings (SSSR count). The van der Waals surface area contributed by atoms with Gasteiger partial charge in [-0.3, -0.25) is 0 Å². The van der Waals surface area contributed by atoms with Crippen molar-refractivity contribution in [2.24, 2.45) is 11.3 Å². The molecule has 2 aliphatic rings. The van der Waals surface area contributed by atoms with Crippen molar-refractivity contribution >= 4 is 11.6 Å². The zero-order valence-electron chi connectivity index (χ0n) is 10.1. The molecule has 15 heavy (non-hydrogen) atoms. The molecule has 2 aliphatic carbocycles. The van der Waals surface area contributed by atoms with Gasteiger partial charge in [-0.1, -0.05) is 20.3 Å². The first-order chi connectivity index (χ1) is 7.05. The molecule has 0 aromatic rings. The van der Waals surface area contributed by atoms with Crippen LogP contribution in [0, 0.1) is 11.3 Å². The van der Waals surface area contributed by atoms with Gasteiger partial charge in [-0.05, 0) is 50.0 Å². The molecular formula is C13H24ClN. The SMILES string of the molecule is CC1(C)CC(Cl)CC(NCC2CCC2)C1. The third-order valence-electron chi connectivity index (χ3n) is 4.03. The Morgan fingerprint density at radius 3 is 2.53 bits per heavy atom. The molecule has 0 aliphatic heterocycles. The summed E-state index contributed by atoms with van der Waals surface area (Å²) >= 11 is 6.32. The van der Waals surface area contributed by atoms with E-state index in [1.165, 1.54) is 38.6 Å². The lowest BCUT2D eigenvalue weighted by atomic mass is 9.74. The number of alkyl halides is 1. The first-order valence-corrected chi connectivity index (χ1v) is 6.86. The van der Waals surface area contributed by atoms with Gasteiger partial charge in [0.25, 0.3) is 0 Å². The second-order valence-corrected chi connectivity index (χ2v) is 6.92. The molecule has 0 aromatic carbocycles. The number of rotatable bonds is 3. The predicted molar refractivity (Wildman–Crippen MR) is 66.4 cm³/mol. The smallest absolute Gasteiger partial charge is 0.0356 e. The van der Waals surface area contributed by atoms with E-state index in [-0.39, 0.29) is 0 Å². The molecule has 2 saturated carbocycles. The first kappa shape index (κ1) is 11.7. The average molecular weight is 230 g/mol. The molecule has 0 saturated heterocycles. The number of hydrogen-bond acceptors (Lipinski definition) is 1. The highest BCUT2D eigenvalue weighted by atomic mass is 35.5. The second-order valence-electron chi connectivity index (χ2n) is 6.31. The Morgan fingerprint density at radius 1 is 1.27 bits per heavy atom. The van der Waals surface area contributed by atoms with Crippen molar-refractivity contribution in [1.82, 2.24) is 5.32 Å². The van der Waals surface area contributed by atoms with Gasteiger partial charge < -0.3 is 5.32 Å². The van der Waals surface area contributed by atoms with E-state index in [1.807, 2.05) is 0 Å². The Kier molecular flexibility index (Phi) is 3.62. The summed E-state index contributed by atoms with van der Waals surface area (Å²) in [4.78, 5) is 0. The molecule has 0 spiro atoms. The Morgan fingerprint density at radius 2 is 2.00 bits per heavy atom. The van der Waals surface area contributed by atoms with Crippen LogP contribution >= 0.6 is 11.6 Å². The minimum Gasteiger partial charge on any atom is -0.314 e. The van der Waals surface area contributed by atoms with E-state index in [4.69, 9.17) is 11.6 Å². The molecule has 0 heterocycles. The van der Waals surface area contributed by atoms with E-state index in [0.29, 0.717) is 16.8 Å². The normalized spacial score (nSPS) is 36.2. The molecular weight excluding hydrogens is 206 g/mol. The number of hydrogen-bond donors (Lipinski definition) is 1.